The van der Waals surface area contributed by atoms with Crippen molar-refractivity contribution in [2.24, 2.45) is 11.7 Å². The molecule has 0 saturated carbocycles. The van der Waals surface area contributed by atoms with Crippen LogP contribution in [0.4, 0.5) is 0 Å². The van der Waals surface area contributed by atoms with Crippen molar-refractivity contribution in [3.63, 3.8) is 0 Å². The van der Waals surface area contributed by atoms with Crippen LogP contribution in [0.15, 0.2) is 30.3 Å². The molecule has 2 aromatic rings. The zero-order chi connectivity index (χ0) is 16.6. The molecule has 1 aromatic carbocycles. The zero-order valence-corrected chi connectivity index (χ0v) is 14.4. The van der Waals surface area contributed by atoms with Crippen LogP contribution in [-0.4, -0.2) is 29.8 Å². The second-order valence-corrected chi connectivity index (χ2v) is 7.33. The lowest BCUT2D eigenvalue weighted by atomic mass is 10.1. The topological polar surface area (TPSA) is 63.4 Å². The maximum atomic E-state index is 12.5. The third kappa shape index (κ3) is 3.37. The molecule has 0 aliphatic carbocycles. The normalized spacial score (nSPS) is 17.5. The van der Waals surface area contributed by atoms with E-state index in [1.807, 2.05) is 12.1 Å². The van der Waals surface area contributed by atoms with Crippen LogP contribution in [0.2, 0.25) is 10.0 Å². The summed E-state index contributed by atoms with van der Waals surface area (Å²) in [5, 5.41) is 0.979. The second-order valence-electron chi connectivity index (χ2n) is 5.43. The van der Waals surface area contributed by atoms with Crippen LogP contribution in [0.3, 0.4) is 0 Å². The monoisotopic (exact) mass is 368 g/mol. The molecule has 0 unspecified atom stereocenters. The Labute approximate surface area is 147 Å². The Hall–Kier alpha value is -1.56. The molecule has 0 bridgehead atoms. The van der Waals surface area contributed by atoms with Crippen molar-refractivity contribution >= 4 is 46.4 Å². The first-order chi connectivity index (χ1) is 11.0. The summed E-state index contributed by atoms with van der Waals surface area (Å²) in [5.41, 5.74) is 6.22. The summed E-state index contributed by atoms with van der Waals surface area (Å²) in [5.74, 6) is -0.651. The molecule has 1 aliphatic rings. The molecule has 1 aliphatic heterocycles. The summed E-state index contributed by atoms with van der Waals surface area (Å²) in [6, 6.07) is 9.07. The summed E-state index contributed by atoms with van der Waals surface area (Å²) in [4.78, 5) is 27.0. The van der Waals surface area contributed by atoms with E-state index in [2.05, 4.69) is 0 Å². The summed E-state index contributed by atoms with van der Waals surface area (Å²) >= 11 is 13.4. The number of nitrogens with two attached hydrogens (primary N) is 1. The molecule has 1 fully saturated rings. The number of carbonyl (C=O) groups is 2. The van der Waals surface area contributed by atoms with Gasteiger partial charge in [-0.2, -0.15) is 0 Å². The third-order valence-electron chi connectivity index (χ3n) is 3.90. The van der Waals surface area contributed by atoms with E-state index in [1.165, 1.54) is 11.3 Å². The van der Waals surface area contributed by atoms with Crippen LogP contribution in [0, 0.1) is 5.92 Å². The molecule has 1 atom stereocenters. The largest absolute Gasteiger partial charge is 0.369 e. The van der Waals surface area contributed by atoms with Gasteiger partial charge in [-0.25, -0.2) is 0 Å². The van der Waals surface area contributed by atoms with Gasteiger partial charge in [-0.05, 0) is 36.2 Å². The predicted molar refractivity (Wildman–Crippen MR) is 93.0 cm³/mol. The highest BCUT2D eigenvalue weighted by Crippen LogP contribution is 2.33. The van der Waals surface area contributed by atoms with Gasteiger partial charge in [0.25, 0.3) is 5.91 Å². The summed E-state index contributed by atoms with van der Waals surface area (Å²) in [6.07, 6.45) is 0.631. The van der Waals surface area contributed by atoms with Crippen LogP contribution in [0.25, 0.3) is 10.4 Å². The number of nitrogens with zero attached hydrogens (tertiary/aromatic N) is 1. The van der Waals surface area contributed by atoms with Gasteiger partial charge in [0, 0.05) is 18.0 Å². The Morgan fingerprint density at radius 1 is 1.17 bits per heavy atom. The molecule has 0 radical (unpaired) electrons. The highest BCUT2D eigenvalue weighted by atomic mass is 35.5. The van der Waals surface area contributed by atoms with E-state index in [0.717, 1.165) is 10.4 Å². The molecule has 2 amide bonds. The fourth-order valence-electron chi connectivity index (χ4n) is 2.59. The highest BCUT2D eigenvalue weighted by Gasteiger charge is 2.30. The van der Waals surface area contributed by atoms with Crippen molar-refractivity contribution in [2.45, 2.75) is 6.42 Å². The summed E-state index contributed by atoms with van der Waals surface area (Å²) in [6.45, 7) is 0.959. The fraction of sp³-hybridized carbons (Fsp3) is 0.250. The first kappa shape index (κ1) is 16.3. The Bertz CT molecular complexity index is 775. The lowest BCUT2D eigenvalue weighted by molar-refractivity contribution is -0.121. The molecule has 120 valence electrons. The Balaban J connectivity index is 1.78. The van der Waals surface area contributed by atoms with Gasteiger partial charge in [0.2, 0.25) is 5.91 Å². The SMILES string of the molecule is NC(=O)[C@@H]1CCN(C(=O)c2ccc(-c3ccc(Cl)c(Cl)c3)s2)C1. The Morgan fingerprint density at radius 3 is 2.61 bits per heavy atom. The van der Waals surface area contributed by atoms with E-state index >= 15 is 0 Å². The molecule has 2 N–H and O–H groups in total. The number of thiophene rings is 1. The minimum Gasteiger partial charge on any atom is -0.369 e. The maximum Gasteiger partial charge on any atom is 0.263 e. The van der Waals surface area contributed by atoms with Crippen LogP contribution in [-0.2, 0) is 4.79 Å². The molecule has 2 heterocycles. The van der Waals surface area contributed by atoms with Gasteiger partial charge in [-0.1, -0.05) is 29.3 Å². The highest BCUT2D eigenvalue weighted by molar-refractivity contribution is 7.17. The number of amides is 2. The molecular formula is C16H14Cl2N2O2S. The second kappa shape index (κ2) is 6.51. The van der Waals surface area contributed by atoms with Gasteiger partial charge < -0.3 is 10.6 Å². The Kier molecular flexibility index (Phi) is 4.62. The van der Waals surface area contributed by atoms with Gasteiger partial charge >= 0.3 is 0 Å². The molecular weight excluding hydrogens is 355 g/mol. The standard InChI is InChI=1S/C16H14Cl2N2O2S/c17-11-2-1-9(7-12(11)18)13-3-4-14(23-13)16(22)20-6-5-10(8-20)15(19)21/h1-4,7,10H,5-6,8H2,(H2,19,21)/t10-/m1/s1. The third-order valence-corrected chi connectivity index (χ3v) is 5.76. The number of rotatable bonds is 3. The van der Waals surface area contributed by atoms with Crippen LogP contribution < -0.4 is 5.73 Å². The summed E-state index contributed by atoms with van der Waals surface area (Å²) in [7, 11) is 0. The number of hydrogen-bond donors (Lipinski definition) is 1. The molecule has 0 spiro atoms. The predicted octanol–water partition coefficient (Wildman–Crippen LogP) is 3.67. The minimum absolute atomic E-state index is 0.0648. The maximum absolute atomic E-state index is 12.5. The minimum atomic E-state index is -0.344. The Morgan fingerprint density at radius 2 is 1.96 bits per heavy atom. The van der Waals surface area contributed by atoms with Gasteiger partial charge in [-0.3, -0.25) is 9.59 Å². The number of benzene rings is 1. The average molecular weight is 369 g/mol. The van der Waals surface area contributed by atoms with Crippen molar-refractivity contribution in [3.05, 3.63) is 45.3 Å². The first-order valence-electron chi connectivity index (χ1n) is 7.09. The summed E-state index contributed by atoms with van der Waals surface area (Å²) < 4.78 is 0. The first-order valence-corrected chi connectivity index (χ1v) is 8.67. The molecule has 1 aromatic heterocycles. The van der Waals surface area contributed by atoms with E-state index in [4.69, 9.17) is 28.9 Å². The van der Waals surface area contributed by atoms with Crippen LogP contribution in [0.5, 0.6) is 0 Å². The zero-order valence-electron chi connectivity index (χ0n) is 12.1. The van der Waals surface area contributed by atoms with Crippen molar-refractivity contribution in [1.29, 1.82) is 0 Å². The molecule has 23 heavy (non-hydrogen) atoms. The molecule has 3 rings (SSSR count). The van der Waals surface area contributed by atoms with Gasteiger partial charge in [0.05, 0.1) is 20.8 Å². The molecule has 4 nitrogen and oxygen atoms in total. The van der Waals surface area contributed by atoms with E-state index in [1.54, 1.807) is 23.1 Å². The van der Waals surface area contributed by atoms with Gasteiger partial charge in [0.15, 0.2) is 0 Å². The fourth-order valence-corrected chi connectivity index (χ4v) is 3.86. The van der Waals surface area contributed by atoms with Crippen molar-refractivity contribution in [2.75, 3.05) is 13.1 Å². The quantitative estimate of drug-likeness (QED) is 0.897. The van der Waals surface area contributed by atoms with Gasteiger partial charge in [-0.15, -0.1) is 11.3 Å². The number of carbonyl (C=O) groups excluding carboxylic acids is 2. The lowest BCUT2D eigenvalue weighted by Crippen LogP contribution is -2.31. The van der Waals surface area contributed by atoms with Crippen LogP contribution >= 0.6 is 34.5 Å². The molecule has 7 heteroatoms. The molecule has 1 saturated heterocycles. The average Bonchev–Trinajstić information content (AvgIpc) is 3.18. The van der Waals surface area contributed by atoms with Gasteiger partial charge in [0.1, 0.15) is 0 Å². The van der Waals surface area contributed by atoms with E-state index in [9.17, 15) is 9.59 Å². The smallest absolute Gasteiger partial charge is 0.263 e. The number of likely N-dealkylation sites (tertiary alicyclic amines) is 1. The van der Waals surface area contributed by atoms with E-state index in [-0.39, 0.29) is 17.7 Å². The van der Waals surface area contributed by atoms with Crippen molar-refractivity contribution in [3.8, 4) is 10.4 Å². The lowest BCUT2D eigenvalue weighted by Gasteiger charge is -2.14. The van der Waals surface area contributed by atoms with Crippen LogP contribution in [0.1, 0.15) is 16.1 Å². The number of hydrogen-bond acceptors (Lipinski definition) is 3. The van der Waals surface area contributed by atoms with E-state index < -0.39 is 0 Å². The van der Waals surface area contributed by atoms with E-state index in [0.29, 0.717) is 34.4 Å². The number of halogens is 2. The van der Waals surface area contributed by atoms with Crippen molar-refractivity contribution in [1.82, 2.24) is 4.90 Å². The number of primary amides is 1. The van der Waals surface area contributed by atoms with Crippen molar-refractivity contribution < 1.29 is 9.59 Å².